The molecule has 2 heteroatoms. The Morgan fingerprint density at radius 1 is 1.64 bits per heavy atom. The standard InChI is InChI=1S/C9H16ClN/c1-3-7(2)11-9-4-8(5-9)6-10/h7-8H,3-6H2,1-2H3. The molecule has 1 atom stereocenters. The van der Waals surface area contributed by atoms with Crippen molar-refractivity contribution in [2.24, 2.45) is 10.9 Å². The second-order valence-corrected chi connectivity index (χ2v) is 3.69. The Kier molecular flexibility index (Phi) is 3.38. The van der Waals surface area contributed by atoms with Crippen LogP contribution in [0.2, 0.25) is 0 Å². The first-order valence-corrected chi connectivity index (χ1v) is 4.91. The Morgan fingerprint density at radius 3 is 2.73 bits per heavy atom. The van der Waals surface area contributed by atoms with E-state index in [9.17, 15) is 0 Å². The number of aliphatic imine (C=N–C) groups is 1. The van der Waals surface area contributed by atoms with Gasteiger partial charge in [-0.25, -0.2) is 0 Å². The predicted octanol–water partition coefficient (Wildman–Crippen LogP) is 2.87. The summed E-state index contributed by atoms with van der Waals surface area (Å²) in [4.78, 5) is 4.56. The topological polar surface area (TPSA) is 12.4 Å². The molecule has 64 valence electrons. The predicted molar refractivity (Wildman–Crippen MR) is 50.6 cm³/mol. The van der Waals surface area contributed by atoms with Gasteiger partial charge in [0.25, 0.3) is 0 Å². The summed E-state index contributed by atoms with van der Waals surface area (Å²) < 4.78 is 0. The third-order valence-corrected chi connectivity index (χ3v) is 2.70. The second kappa shape index (κ2) is 4.10. The van der Waals surface area contributed by atoms with Crippen molar-refractivity contribution in [2.45, 2.75) is 39.2 Å². The van der Waals surface area contributed by atoms with Crippen molar-refractivity contribution in [2.75, 3.05) is 5.88 Å². The average molecular weight is 174 g/mol. The van der Waals surface area contributed by atoms with Crippen LogP contribution in [-0.4, -0.2) is 17.6 Å². The number of nitrogens with zero attached hydrogens (tertiary/aromatic N) is 1. The highest BCUT2D eigenvalue weighted by atomic mass is 35.5. The molecule has 0 spiro atoms. The van der Waals surface area contributed by atoms with Crippen LogP contribution < -0.4 is 0 Å². The van der Waals surface area contributed by atoms with Gasteiger partial charge in [-0.15, -0.1) is 11.6 Å². The molecule has 1 saturated carbocycles. The van der Waals surface area contributed by atoms with Crippen LogP contribution in [0.15, 0.2) is 4.99 Å². The van der Waals surface area contributed by atoms with Gasteiger partial charge in [0.15, 0.2) is 0 Å². The van der Waals surface area contributed by atoms with Crippen LogP contribution in [0, 0.1) is 5.92 Å². The van der Waals surface area contributed by atoms with E-state index in [0.717, 1.165) is 31.1 Å². The van der Waals surface area contributed by atoms with E-state index in [1.807, 2.05) is 0 Å². The van der Waals surface area contributed by atoms with Crippen LogP contribution in [0.5, 0.6) is 0 Å². The van der Waals surface area contributed by atoms with Crippen LogP contribution >= 0.6 is 11.6 Å². The van der Waals surface area contributed by atoms with E-state index in [1.54, 1.807) is 0 Å². The number of rotatable bonds is 3. The minimum absolute atomic E-state index is 0.515. The molecule has 0 N–H and O–H groups in total. The lowest BCUT2D eigenvalue weighted by molar-refractivity contribution is 0.549. The number of alkyl halides is 1. The van der Waals surface area contributed by atoms with Crippen molar-refractivity contribution >= 4 is 17.3 Å². The fourth-order valence-corrected chi connectivity index (χ4v) is 1.44. The third kappa shape index (κ3) is 2.48. The number of hydrogen-bond acceptors (Lipinski definition) is 1. The molecular formula is C9H16ClN. The highest BCUT2D eigenvalue weighted by Gasteiger charge is 2.23. The van der Waals surface area contributed by atoms with Gasteiger partial charge in [-0.3, -0.25) is 4.99 Å². The minimum atomic E-state index is 0.515. The first-order chi connectivity index (χ1) is 5.26. The van der Waals surface area contributed by atoms with Crippen molar-refractivity contribution in [3.05, 3.63) is 0 Å². The zero-order chi connectivity index (χ0) is 8.27. The molecule has 0 aromatic rings. The lowest BCUT2D eigenvalue weighted by Crippen LogP contribution is -2.26. The van der Waals surface area contributed by atoms with E-state index in [0.29, 0.717) is 6.04 Å². The third-order valence-electron chi connectivity index (χ3n) is 2.26. The van der Waals surface area contributed by atoms with Crippen molar-refractivity contribution in [1.29, 1.82) is 0 Å². The van der Waals surface area contributed by atoms with Crippen LogP contribution in [-0.2, 0) is 0 Å². The van der Waals surface area contributed by atoms with E-state index >= 15 is 0 Å². The molecule has 1 unspecified atom stereocenters. The molecule has 1 rings (SSSR count). The fourth-order valence-electron chi connectivity index (χ4n) is 1.22. The summed E-state index contributed by atoms with van der Waals surface area (Å²) in [6, 6.07) is 0.515. The summed E-state index contributed by atoms with van der Waals surface area (Å²) in [7, 11) is 0. The molecule has 1 nitrogen and oxygen atoms in total. The van der Waals surface area contributed by atoms with Gasteiger partial charge in [-0.2, -0.15) is 0 Å². The lowest BCUT2D eigenvalue weighted by atomic mass is 9.84. The Morgan fingerprint density at radius 2 is 2.27 bits per heavy atom. The molecule has 1 aliphatic carbocycles. The molecule has 0 heterocycles. The Balaban J connectivity index is 2.25. The van der Waals surface area contributed by atoms with Gasteiger partial charge in [0.1, 0.15) is 0 Å². The molecule has 11 heavy (non-hydrogen) atoms. The van der Waals surface area contributed by atoms with E-state index in [1.165, 1.54) is 5.71 Å². The summed E-state index contributed by atoms with van der Waals surface area (Å²) >= 11 is 5.68. The van der Waals surface area contributed by atoms with Gasteiger partial charge in [0, 0.05) is 17.6 Å². The Bertz CT molecular complexity index is 146. The zero-order valence-electron chi connectivity index (χ0n) is 7.31. The molecule has 1 fully saturated rings. The maximum absolute atomic E-state index is 5.68. The van der Waals surface area contributed by atoms with Gasteiger partial charge in [0.05, 0.1) is 0 Å². The zero-order valence-corrected chi connectivity index (χ0v) is 8.06. The lowest BCUT2D eigenvalue weighted by Gasteiger charge is -2.26. The van der Waals surface area contributed by atoms with Crippen molar-refractivity contribution in [3.63, 3.8) is 0 Å². The summed E-state index contributed by atoms with van der Waals surface area (Å²) in [6.07, 6.45) is 3.44. The molecule has 0 amide bonds. The van der Waals surface area contributed by atoms with Crippen molar-refractivity contribution in [1.82, 2.24) is 0 Å². The maximum atomic E-state index is 5.68. The fraction of sp³-hybridized carbons (Fsp3) is 0.889. The summed E-state index contributed by atoms with van der Waals surface area (Å²) in [5, 5.41) is 0. The van der Waals surface area contributed by atoms with E-state index in [4.69, 9.17) is 11.6 Å². The number of halogens is 1. The van der Waals surface area contributed by atoms with E-state index in [-0.39, 0.29) is 0 Å². The van der Waals surface area contributed by atoms with Gasteiger partial charge < -0.3 is 0 Å². The molecule has 0 radical (unpaired) electrons. The summed E-state index contributed by atoms with van der Waals surface area (Å²) in [5.41, 5.74) is 1.38. The maximum Gasteiger partial charge on any atom is 0.0468 e. The molecule has 0 aliphatic heterocycles. The minimum Gasteiger partial charge on any atom is -0.291 e. The van der Waals surface area contributed by atoms with Crippen molar-refractivity contribution < 1.29 is 0 Å². The van der Waals surface area contributed by atoms with Gasteiger partial charge in [0.2, 0.25) is 0 Å². The highest BCUT2D eigenvalue weighted by Crippen LogP contribution is 2.25. The van der Waals surface area contributed by atoms with Crippen LogP contribution in [0.25, 0.3) is 0 Å². The summed E-state index contributed by atoms with van der Waals surface area (Å²) in [6.45, 7) is 4.34. The molecular weight excluding hydrogens is 158 g/mol. The first-order valence-electron chi connectivity index (χ1n) is 4.37. The molecule has 1 aliphatic rings. The van der Waals surface area contributed by atoms with Crippen molar-refractivity contribution in [3.8, 4) is 0 Å². The summed E-state index contributed by atoms with van der Waals surface area (Å²) in [5.74, 6) is 1.53. The van der Waals surface area contributed by atoms with E-state index < -0.39 is 0 Å². The molecule has 0 aromatic heterocycles. The van der Waals surface area contributed by atoms with E-state index in [2.05, 4.69) is 18.8 Å². The largest absolute Gasteiger partial charge is 0.291 e. The number of hydrogen-bond donors (Lipinski definition) is 0. The van der Waals surface area contributed by atoms with Gasteiger partial charge in [-0.05, 0) is 32.1 Å². The first kappa shape index (κ1) is 9.05. The van der Waals surface area contributed by atoms with Crippen LogP contribution in [0.3, 0.4) is 0 Å². The quantitative estimate of drug-likeness (QED) is 0.582. The normalized spacial score (nSPS) is 26.1. The molecule has 0 bridgehead atoms. The molecule has 0 aromatic carbocycles. The SMILES string of the molecule is CCC(C)N=C1CC(CCl)C1. The highest BCUT2D eigenvalue weighted by molar-refractivity contribution is 6.18. The van der Waals surface area contributed by atoms with Gasteiger partial charge >= 0.3 is 0 Å². The Labute approximate surface area is 73.9 Å². The average Bonchev–Trinajstić information content (AvgIpc) is 1.95. The monoisotopic (exact) mass is 173 g/mol. The van der Waals surface area contributed by atoms with Crippen LogP contribution in [0.4, 0.5) is 0 Å². The molecule has 0 saturated heterocycles. The van der Waals surface area contributed by atoms with Gasteiger partial charge in [-0.1, -0.05) is 6.92 Å². The smallest absolute Gasteiger partial charge is 0.0468 e. The second-order valence-electron chi connectivity index (χ2n) is 3.38. The Hall–Kier alpha value is -0.0400. The van der Waals surface area contributed by atoms with Crippen LogP contribution in [0.1, 0.15) is 33.1 Å².